The highest BCUT2D eigenvalue weighted by molar-refractivity contribution is 5.74. The molecule has 0 saturated heterocycles. The molecule has 2 nitrogen and oxygen atoms in total. The average molecular weight is 564 g/mol. The van der Waals surface area contributed by atoms with Gasteiger partial charge in [0.05, 0.1) is 23.8 Å². The molecule has 0 fully saturated rings. The topological polar surface area (TPSA) is 21.3 Å². The van der Waals surface area contributed by atoms with Gasteiger partial charge in [-0.2, -0.15) is 39.5 Å². The molecular formula is C28H26F9NO. The van der Waals surface area contributed by atoms with Crippen LogP contribution in [-0.2, 0) is 31.5 Å². The molecular weight excluding hydrogens is 537 g/mol. The fourth-order valence-electron chi connectivity index (χ4n) is 4.09. The van der Waals surface area contributed by atoms with Crippen molar-refractivity contribution in [1.82, 2.24) is 5.32 Å². The van der Waals surface area contributed by atoms with Gasteiger partial charge in [0.1, 0.15) is 5.75 Å². The van der Waals surface area contributed by atoms with Crippen molar-refractivity contribution in [1.29, 1.82) is 0 Å². The summed E-state index contributed by atoms with van der Waals surface area (Å²) in [4.78, 5) is 0. The molecule has 212 valence electrons. The largest absolute Gasteiger partial charge is 0.496 e. The molecule has 0 heterocycles. The summed E-state index contributed by atoms with van der Waals surface area (Å²) < 4.78 is 125. The Morgan fingerprint density at radius 3 is 1.79 bits per heavy atom. The zero-order valence-corrected chi connectivity index (χ0v) is 21.2. The summed E-state index contributed by atoms with van der Waals surface area (Å²) in [6.07, 6.45) is -14.8. The second kappa shape index (κ2) is 11.5. The number of nitrogens with one attached hydrogen (secondary N) is 1. The summed E-state index contributed by atoms with van der Waals surface area (Å²) in [7, 11) is 1.43. The number of rotatable bonds is 8. The van der Waals surface area contributed by atoms with Gasteiger partial charge in [-0.05, 0) is 83.6 Å². The molecule has 0 aliphatic heterocycles. The minimum absolute atomic E-state index is 0.0461. The first kappa shape index (κ1) is 30.3. The van der Waals surface area contributed by atoms with Crippen LogP contribution < -0.4 is 10.1 Å². The molecule has 1 N–H and O–H groups in total. The number of ether oxygens (including phenoxy) is 1. The van der Waals surface area contributed by atoms with Gasteiger partial charge in [0.25, 0.3) is 0 Å². The zero-order chi connectivity index (χ0) is 29.2. The Balaban J connectivity index is 1.91. The Labute approximate surface area is 219 Å². The van der Waals surface area contributed by atoms with E-state index in [1.54, 1.807) is 6.07 Å². The van der Waals surface area contributed by atoms with Crippen LogP contribution in [0.15, 0.2) is 54.6 Å². The van der Waals surface area contributed by atoms with Gasteiger partial charge in [0.15, 0.2) is 0 Å². The van der Waals surface area contributed by atoms with Crippen LogP contribution >= 0.6 is 0 Å². The Bertz CT molecular complexity index is 1260. The quantitative estimate of drug-likeness (QED) is 0.218. The van der Waals surface area contributed by atoms with Crippen molar-refractivity contribution in [3.05, 3.63) is 88.0 Å². The van der Waals surface area contributed by atoms with Crippen molar-refractivity contribution in [2.24, 2.45) is 0 Å². The molecule has 3 aromatic carbocycles. The molecule has 0 amide bonds. The maximum absolute atomic E-state index is 13.5. The predicted molar refractivity (Wildman–Crippen MR) is 129 cm³/mol. The highest BCUT2D eigenvalue weighted by Crippen LogP contribution is 2.39. The van der Waals surface area contributed by atoms with E-state index in [1.807, 2.05) is 26.0 Å². The third kappa shape index (κ3) is 7.68. The number of hydrogen-bond donors (Lipinski definition) is 1. The lowest BCUT2D eigenvalue weighted by Gasteiger charge is -2.18. The SMILES string of the molecule is COc1ccc(C(C)C)cc1-c1ccc(C(F)(F)F)cc1CNCCc1cc(C(F)(F)F)cc(C(F)(F)F)c1. The van der Waals surface area contributed by atoms with Crippen LogP contribution in [0.1, 0.15) is 53.1 Å². The summed E-state index contributed by atoms with van der Waals surface area (Å²) in [5.74, 6) is 0.559. The van der Waals surface area contributed by atoms with Gasteiger partial charge in [0, 0.05) is 12.1 Å². The van der Waals surface area contributed by atoms with E-state index >= 15 is 0 Å². The molecule has 0 aliphatic rings. The summed E-state index contributed by atoms with van der Waals surface area (Å²) >= 11 is 0. The third-order valence-electron chi connectivity index (χ3n) is 6.17. The Morgan fingerprint density at radius 2 is 1.28 bits per heavy atom. The van der Waals surface area contributed by atoms with Crippen LogP contribution in [0.25, 0.3) is 11.1 Å². The smallest absolute Gasteiger partial charge is 0.416 e. The monoisotopic (exact) mass is 563 g/mol. The van der Waals surface area contributed by atoms with Crippen LogP contribution in [0.2, 0.25) is 0 Å². The van der Waals surface area contributed by atoms with Crippen LogP contribution in [0.5, 0.6) is 5.75 Å². The minimum Gasteiger partial charge on any atom is -0.496 e. The molecule has 39 heavy (non-hydrogen) atoms. The molecule has 0 radical (unpaired) electrons. The van der Waals surface area contributed by atoms with Gasteiger partial charge in [-0.1, -0.05) is 26.0 Å². The lowest BCUT2D eigenvalue weighted by Crippen LogP contribution is -2.19. The van der Waals surface area contributed by atoms with E-state index in [1.165, 1.54) is 13.2 Å². The Hall–Kier alpha value is -3.21. The van der Waals surface area contributed by atoms with Gasteiger partial charge in [-0.25, -0.2) is 0 Å². The zero-order valence-electron chi connectivity index (χ0n) is 21.2. The first-order chi connectivity index (χ1) is 18.0. The van der Waals surface area contributed by atoms with Crippen LogP contribution in [-0.4, -0.2) is 13.7 Å². The molecule has 0 atom stereocenters. The van der Waals surface area contributed by atoms with Crippen LogP contribution in [0.4, 0.5) is 39.5 Å². The minimum atomic E-state index is -4.97. The molecule has 0 aliphatic carbocycles. The van der Waals surface area contributed by atoms with Gasteiger partial charge >= 0.3 is 18.5 Å². The molecule has 11 heteroatoms. The lowest BCUT2D eigenvalue weighted by molar-refractivity contribution is -0.143. The third-order valence-corrected chi connectivity index (χ3v) is 6.17. The van der Waals surface area contributed by atoms with E-state index in [-0.39, 0.29) is 42.6 Å². The number of hydrogen-bond acceptors (Lipinski definition) is 2. The maximum atomic E-state index is 13.5. The number of benzene rings is 3. The summed E-state index contributed by atoms with van der Waals surface area (Å²) in [6.45, 7) is 3.70. The summed E-state index contributed by atoms with van der Waals surface area (Å²) in [5, 5.41) is 2.86. The molecule has 3 aromatic rings. The van der Waals surface area contributed by atoms with Gasteiger partial charge in [0.2, 0.25) is 0 Å². The van der Waals surface area contributed by atoms with E-state index in [4.69, 9.17) is 4.74 Å². The number of methoxy groups -OCH3 is 1. The normalized spacial score (nSPS) is 12.7. The van der Waals surface area contributed by atoms with Gasteiger partial charge < -0.3 is 10.1 Å². The first-order valence-electron chi connectivity index (χ1n) is 11.9. The van der Waals surface area contributed by atoms with Gasteiger partial charge in [-0.3, -0.25) is 0 Å². The van der Waals surface area contributed by atoms with Crippen molar-refractivity contribution in [2.45, 2.75) is 51.3 Å². The summed E-state index contributed by atoms with van der Waals surface area (Å²) in [6, 6.07) is 9.93. The highest BCUT2D eigenvalue weighted by Gasteiger charge is 2.37. The molecule has 0 saturated carbocycles. The van der Waals surface area contributed by atoms with Crippen molar-refractivity contribution >= 4 is 0 Å². The van der Waals surface area contributed by atoms with E-state index in [0.717, 1.165) is 17.7 Å². The molecule has 0 bridgehead atoms. The van der Waals surface area contributed by atoms with E-state index < -0.39 is 35.2 Å². The first-order valence-corrected chi connectivity index (χ1v) is 11.9. The fraction of sp³-hybridized carbons (Fsp3) is 0.357. The van der Waals surface area contributed by atoms with Gasteiger partial charge in [-0.15, -0.1) is 0 Å². The average Bonchev–Trinajstić information content (AvgIpc) is 2.84. The van der Waals surface area contributed by atoms with E-state index in [0.29, 0.717) is 29.0 Å². The van der Waals surface area contributed by atoms with Crippen molar-refractivity contribution < 1.29 is 44.3 Å². The maximum Gasteiger partial charge on any atom is 0.416 e. The Kier molecular flexibility index (Phi) is 8.94. The number of halogens is 9. The molecule has 3 rings (SSSR count). The predicted octanol–water partition coefficient (Wildman–Crippen LogP) is 8.87. The Morgan fingerprint density at radius 1 is 0.692 bits per heavy atom. The van der Waals surface area contributed by atoms with Crippen LogP contribution in [0, 0.1) is 0 Å². The second-order valence-electron chi connectivity index (χ2n) is 9.33. The number of alkyl halides is 9. The van der Waals surface area contributed by atoms with Crippen molar-refractivity contribution in [2.75, 3.05) is 13.7 Å². The molecule has 0 unspecified atom stereocenters. The van der Waals surface area contributed by atoms with Crippen LogP contribution in [0.3, 0.4) is 0 Å². The molecule has 0 spiro atoms. The summed E-state index contributed by atoms with van der Waals surface area (Å²) in [5.41, 5.74) is -1.78. The second-order valence-corrected chi connectivity index (χ2v) is 9.33. The van der Waals surface area contributed by atoms with Crippen molar-refractivity contribution in [3.63, 3.8) is 0 Å². The van der Waals surface area contributed by atoms with Crippen molar-refractivity contribution in [3.8, 4) is 16.9 Å². The van der Waals surface area contributed by atoms with E-state index in [9.17, 15) is 39.5 Å². The standard InChI is InChI=1S/C28H26F9NO/c1-16(2)18-4-7-25(39-3)24(13-18)23-6-5-20(26(29,30)31)12-19(23)15-38-9-8-17-10-21(27(32,33)34)14-22(11-17)28(35,36)37/h4-7,10-14,16,38H,8-9,15H2,1-3H3. The van der Waals surface area contributed by atoms with E-state index in [2.05, 4.69) is 5.32 Å². The fourth-order valence-corrected chi connectivity index (χ4v) is 4.09. The lowest BCUT2D eigenvalue weighted by atomic mass is 9.92. The highest BCUT2D eigenvalue weighted by atomic mass is 19.4. The molecule has 0 aromatic heterocycles.